The Labute approximate surface area is 81.4 Å². The molecule has 1 saturated heterocycles. The summed E-state index contributed by atoms with van der Waals surface area (Å²) < 4.78 is 5.37. The van der Waals surface area contributed by atoms with Crippen molar-refractivity contribution in [2.45, 2.75) is 18.9 Å². The molecule has 1 unspecified atom stereocenters. The molecule has 3 heteroatoms. The van der Waals surface area contributed by atoms with Gasteiger partial charge in [-0.1, -0.05) is 0 Å². The van der Waals surface area contributed by atoms with Crippen LogP contribution >= 0.6 is 0 Å². The lowest BCUT2D eigenvalue weighted by molar-refractivity contribution is 0.0372. The van der Waals surface area contributed by atoms with Gasteiger partial charge in [0.1, 0.15) is 0 Å². The molecule has 1 N–H and O–H groups in total. The van der Waals surface area contributed by atoms with Gasteiger partial charge < -0.3 is 15.0 Å². The van der Waals surface area contributed by atoms with Crippen molar-refractivity contribution in [3.8, 4) is 0 Å². The van der Waals surface area contributed by atoms with Crippen molar-refractivity contribution in [2.24, 2.45) is 5.92 Å². The number of nitrogens with zero attached hydrogens (tertiary/aromatic N) is 1. The Morgan fingerprint density at radius 1 is 1.38 bits per heavy atom. The average molecular weight is 186 g/mol. The maximum absolute atomic E-state index is 5.37. The summed E-state index contributed by atoms with van der Waals surface area (Å²) in [5.41, 5.74) is 0. The third-order valence-electron chi connectivity index (χ3n) is 2.89. The van der Waals surface area contributed by atoms with Crippen LogP contribution in [0.3, 0.4) is 0 Å². The fourth-order valence-corrected chi connectivity index (χ4v) is 2.08. The highest BCUT2D eigenvalue weighted by Gasteiger charge is 2.24. The summed E-state index contributed by atoms with van der Waals surface area (Å²) >= 11 is 0. The van der Waals surface area contributed by atoms with Gasteiger partial charge in [0.25, 0.3) is 0 Å². The Balaban J connectivity index is 2.41. The van der Waals surface area contributed by atoms with E-state index in [4.69, 9.17) is 4.74 Å². The van der Waals surface area contributed by atoms with Crippen LogP contribution in [0.1, 0.15) is 12.8 Å². The molecule has 3 nitrogen and oxygen atoms in total. The molecule has 0 aliphatic carbocycles. The van der Waals surface area contributed by atoms with Crippen molar-refractivity contribution in [1.82, 2.24) is 10.2 Å². The van der Waals surface area contributed by atoms with E-state index in [0.29, 0.717) is 6.04 Å². The van der Waals surface area contributed by atoms with Crippen LogP contribution in [0.25, 0.3) is 0 Å². The maximum Gasteiger partial charge on any atom is 0.0469 e. The molecular weight excluding hydrogens is 164 g/mol. The van der Waals surface area contributed by atoms with Gasteiger partial charge in [-0.2, -0.15) is 0 Å². The van der Waals surface area contributed by atoms with Crippen molar-refractivity contribution in [1.29, 1.82) is 0 Å². The summed E-state index contributed by atoms with van der Waals surface area (Å²) in [6.45, 7) is 2.97. The molecular formula is C10H22N2O. The summed E-state index contributed by atoms with van der Waals surface area (Å²) in [5.74, 6) is 0.802. The van der Waals surface area contributed by atoms with Crippen LogP contribution in [0.2, 0.25) is 0 Å². The molecule has 0 aromatic carbocycles. The van der Waals surface area contributed by atoms with Crippen molar-refractivity contribution in [3.63, 3.8) is 0 Å². The minimum absolute atomic E-state index is 0.661. The van der Waals surface area contributed by atoms with Gasteiger partial charge in [0, 0.05) is 25.8 Å². The van der Waals surface area contributed by atoms with Gasteiger partial charge in [-0.05, 0) is 39.9 Å². The van der Waals surface area contributed by atoms with Crippen molar-refractivity contribution in [3.05, 3.63) is 0 Å². The van der Waals surface area contributed by atoms with Gasteiger partial charge in [-0.15, -0.1) is 0 Å². The first-order valence-corrected chi connectivity index (χ1v) is 5.14. The Bertz CT molecular complexity index is 133. The number of nitrogens with one attached hydrogen (secondary N) is 1. The first-order chi connectivity index (χ1) is 6.25. The SMILES string of the molecule is CNCC(C1CCOCC1)N(C)C. The van der Waals surface area contributed by atoms with E-state index in [-0.39, 0.29) is 0 Å². The fraction of sp³-hybridized carbons (Fsp3) is 1.00. The second kappa shape index (κ2) is 5.58. The molecule has 0 aromatic heterocycles. The summed E-state index contributed by atoms with van der Waals surface area (Å²) in [6.07, 6.45) is 2.43. The maximum atomic E-state index is 5.37. The van der Waals surface area contributed by atoms with Crippen LogP contribution in [-0.4, -0.2) is 51.8 Å². The summed E-state index contributed by atoms with van der Waals surface area (Å²) in [6, 6.07) is 0.661. The van der Waals surface area contributed by atoms with Gasteiger partial charge in [-0.25, -0.2) is 0 Å². The molecule has 1 rings (SSSR count). The van der Waals surface area contributed by atoms with E-state index in [9.17, 15) is 0 Å². The molecule has 0 amide bonds. The van der Waals surface area contributed by atoms with E-state index < -0.39 is 0 Å². The number of hydrogen-bond acceptors (Lipinski definition) is 3. The van der Waals surface area contributed by atoms with E-state index in [2.05, 4.69) is 24.3 Å². The average Bonchev–Trinajstić information content (AvgIpc) is 2.15. The van der Waals surface area contributed by atoms with Gasteiger partial charge in [-0.3, -0.25) is 0 Å². The predicted octanol–water partition coefficient (Wildman–Crippen LogP) is 0.563. The van der Waals surface area contributed by atoms with Crippen LogP contribution in [0.4, 0.5) is 0 Å². The van der Waals surface area contributed by atoms with Crippen molar-refractivity contribution < 1.29 is 4.74 Å². The Kier molecular flexibility index (Phi) is 4.70. The highest BCUT2D eigenvalue weighted by atomic mass is 16.5. The van der Waals surface area contributed by atoms with Crippen LogP contribution in [-0.2, 0) is 4.74 Å². The molecule has 0 spiro atoms. The lowest BCUT2D eigenvalue weighted by Gasteiger charge is -2.34. The zero-order valence-electron chi connectivity index (χ0n) is 9.05. The predicted molar refractivity (Wildman–Crippen MR) is 54.9 cm³/mol. The normalized spacial score (nSPS) is 22.2. The zero-order chi connectivity index (χ0) is 9.68. The molecule has 0 aromatic rings. The Hall–Kier alpha value is -0.120. The number of ether oxygens (including phenoxy) is 1. The van der Waals surface area contributed by atoms with Crippen LogP contribution in [0.5, 0.6) is 0 Å². The van der Waals surface area contributed by atoms with E-state index in [1.165, 1.54) is 12.8 Å². The molecule has 1 fully saturated rings. The molecule has 1 aliphatic heterocycles. The molecule has 1 heterocycles. The molecule has 0 radical (unpaired) electrons. The topological polar surface area (TPSA) is 24.5 Å². The van der Waals surface area contributed by atoms with Crippen molar-refractivity contribution in [2.75, 3.05) is 40.9 Å². The molecule has 1 aliphatic rings. The summed E-state index contributed by atoms with van der Waals surface area (Å²) in [5, 5.41) is 3.26. The largest absolute Gasteiger partial charge is 0.381 e. The second-order valence-electron chi connectivity index (χ2n) is 4.04. The Morgan fingerprint density at radius 2 is 2.00 bits per heavy atom. The molecule has 0 bridgehead atoms. The van der Waals surface area contributed by atoms with E-state index in [0.717, 1.165) is 25.7 Å². The first-order valence-electron chi connectivity index (χ1n) is 5.14. The summed E-state index contributed by atoms with van der Waals surface area (Å²) in [4.78, 5) is 2.33. The lowest BCUT2D eigenvalue weighted by atomic mass is 9.91. The van der Waals surface area contributed by atoms with Crippen LogP contribution in [0.15, 0.2) is 0 Å². The van der Waals surface area contributed by atoms with Crippen LogP contribution in [0, 0.1) is 5.92 Å². The van der Waals surface area contributed by atoms with Gasteiger partial charge >= 0.3 is 0 Å². The van der Waals surface area contributed by atoms with Gasteiger partial charge in [0.2, 0.25) is 0 Å². The zero-order valence-corrected chi connectivity index (χ0v) is 9.05. The highest BCUT2D eigenvalue weighted by molar-refractivity contribution is 4.79. The standard InChI is InChI=1S/C10H22N2O/c1-11-8-10(12(2)3)9-4-6-13-7-5-9/h9-11H,4-8H2,1-3H3. The smallest absolute Gasteiger partial charge is 0.0469 e. The molecule has 78 valence electrons. The summed E-state index contributed by atoms with van der Waals surface area (Å²) in [7, 11) is 6.35. The van der Waals surface area contributed by atoms with E-state index >= 15 is 0 Å². The monoisotopic (exact) mass is 186 g/mol. The third kappa shape index (κ3) is 3.25. The lowest BCUT2D eigenvalue weighted by Crippen LogP contribution is -2.44. The molecule has 1 atom stereocenters. The fourth-order valence-electron chi connectivity index (χ4n) is 2.08. The number of rotatable bonds is 4. The third-order valence-corrected chi connectivity index (χ3v) is 2.89. The number of hydrogen-bond donors (Lipinski definition) is 1. The van der Waals surface area contributed by atoms with E-state index in [1.807, 2.05) is 7.05 Å². The van der Waals surface area contributed by atoms with Gasteiger partial charge in [0.05, 0.1) is 0 Å². The minimum atomic E-state index is 0.661. The highest BCUT2D eigenvalue weighted by Crippen LogP contribution is 2.20. The minimum Gasteiger partial charge on any atom is -0.381 e. The Morgan fingerprint density at radius 3 is 2.46 bits per heavy atom. The second-order valence-corrected chi connectivity index (χ2v) is 4.04. The first kappa shape index (κ1) is 11.0. The molecule has 13 heavy (non-hydrogen) atoms. The van der Waals surface area contributed by atoms with Gasteiger partial charge in [0.15, 0.2) is 0 Å². The van der Waals surface area contributed by atoms with E-state index in [1.54, 1.807) is 0 Å². The van der Waals surface area contributed by atoms with Crippen LogP contribution < -0.4 is 5.32 Å². The van der Waals surface area contributed by atoms with Crippen molar-refractivity contribution >= 4 is 0 Å². The number of likely N-dealkylation sites (N-methyl/N-ethyl adjacent to an activating group) is 2. The quantitative estimate of drug-likeness (QED) is 0.694. The molecule has 0 saturated carbocycles.